The summed E-state index contributed by atoms with van der Waals surface area (Å²) in [6, 6.07) is 9.20. The molecule has 0 spiro atoms. The van der Waals surface area contributed by atoms with Crippen molar-refractivity contribution >= 4 is 23.1 Å². The van der Waals surface area contributed by atoms with Crippen molar-refractivity contribution in [1.82, 2.24) is 9.88 Å². The Bertz CT molecular complexity index is 826. The van der Waals surface area contributed by atoms with Gasteiger partial charge in [-0.2, -0.15) is 5.26 Å². The van der Waals surface area contributed by atoms with E-state index in [1.807, 2.05) is 4.90 Å². The summed E-state index contributed by atoms with van der Waals surface area (Å²) in [5, 5.41) is 12.9. The van der Waals surface area contributed by atoms with Crippen molar-refractivity contribution in [3.63, 3.8) is 0 Å². The van der Waals surface area contributed by atoms with E-state index in [9.17, 15) is 4.79 Å². The molecule has 0 radical (unpaired) electrons. The highest BCUT2D eigenvalue weighted by atomic mass is 32.1. The minimum atomic E-state index is -0.101. The first kappa shape index (κ1) is 18.0. The molecule has 1 saturated carbocycles. The van der Waals surface area contributed by atoms with Crippen LogP contribution >= 0.6 is 11.3 Å². The zero-order valence-electron chi connectivity index (χ0n) is 15.1. The third-order valence-corrected chi connectivity index (χ3v) is 6.19. The van der Waals surface area contributed by atoms with E-state index in [4.69, 9.17) is 15.0 Å². The number of anilines is 1. The van der Waals surface area contributed by atoms with Crippen molar-refractivity contribution in [3.8, 4) is 6.07 Å². The van der Waals surface area contributed by atoms with Crippen LogP contribution in [0.2, 0.25) is 0 Å². The number of hydrogen-bond donors (Lipinski definition) is 1. The Kier molecular flexibility index (Phi) is 5.37. The first-order valence-corrected chi connectivity index (χ1v) is 10.2. The van der Waals surface area contributed by atoms with Crippen molar-refractivity contribution in [1.29, 1.82) is 5.26 Å². The number of benzene rings is 1. The van der Waals surface area contributed by atoms with Crippen LogP contribution in [0.3, 0.4) is 0 Å². The molecule has 1 aromatic carbocycles. The zero-order valence-corrected chi connectivity index (χ0v) is 15.9. The summed E-state index contributed by atoms with van der Waals surface area (Å²) in [5.74, 6) is 0. The molecule has 2 heterocycles. The van der Waals surface area contributed by atoms with Crippen molar-refractivity contribution in [2.24, 2.45) is 0 Å². The fourth-order valence-corrected chi connectivity index (χ4v) is 4.75. The zero-order chi connectivity index (χ0) is 18.6. The number of nitrogens with one attached hydrogen (secondary N) is 1. The van der Waals surface area contributed by atoms with Gasteiger partial charge in [-0.1, -0.05) is 12.8 Å². The highest BCUT2D eigenvalue weighted by molar-refractivity contribution is 7.11. The number of ether oxygens (including phenoxy) is 1. The van der Waals surface area contributed by atoms with Crippen LogP contribution in [0, 0.1) is 11.3 Å². The molecule has 0 bridgehead atoms. The van der Waals surface area contributed by atoms with Gasteiger partial charge >= 0.3 is 6.03 Å². The van der Waals surface area contributed by atoms with Gasteiger partial charge in [-0.25, -0.2) is 9.78 Å². The molecule has 4 rings (SSSR count). The summed E-state index contributed by atoms with van der Waals surface area (Å²) in [6.45, 7) is 1.89. The maximum atomic E-state index is 13.0. The molecule has 140 valence electrons. The van der Waals surface area contributed by atoms with Crippen LogP contribution in [0.25, 0.3) is 0 Å². The topological polar surface area (TPSA) is 78.3 Å². The minimum Gasteiger partial charge on any atom is -0.375 e. The number of carbonyl (C=O) groups excluding carboxylic acids is 1. The van der Waals surface area contributed by atoms with E-state index < -0.39 is 0 Å². The van der Waals surface area contributed by atoms with E-state index in [0.29, 0.717) is 24.4 Å². The largest absolute Gasteiger partial charge is 0.375 e. The molecule has 7 heteroatoms. The number of hydrogen-bond acceptors (Lipinski definition) is 5. The standard InChI is InChI=1S/C20H22N4O2S/c21-11-14-5-7-15(8-6-14)22-20(25)24(16-3-1-2-4-16)12-19-23-17-9-10-26-13-18(17)27-19/h5-8,16H,1-4,9-10,12-13H2,(H,22,25). The Morgan fingerprint density at radius 2 is 2.11 bits per heavy atom. The first-order chi connectivity index (χ1) is 13.2. The van der Waals surface area contributed by atoms with Crippen LogP contribution in [-0.4, -0.2) is 28.6 Å². The first-order valence-electron chi connectivity index (χ1n) is 9.36. The van der Waals surface area contributed by atoms with Crippen molar-refractivity contribution in [3.05, 3.63) is 45.4 Å². The molecule has 1 aliphatic carbocycles. The van der Waals surface area contributed by atoms with Crippen molar-refractivity contribution in [2.45, 2.75) is 51.3 Å². The number of carbonyl (C=O) groups is 1. The molecule has 1 aromatic heterocycles. The third kappa shape index (κ3) is 4.12. The fraction of sp³-hybridized carbons (Fsp3) is 0.450. The molecule has 1 aliphatic heterocycles. The summed E-state index contributed by atoms with van der Waals surface area (Å²) in [7, 11) is 0. The monoisotopic (exact) mass is 382 g/mol. The number of thiazole rings is 1. The van der Waals surface area contributed by atoms with Crippen molar-refractivity contribution < 1.29 is 9.53 Å². The summed E-state index contributed by atoms with van der Waals surface area (Å²) >= 11 is 1.66. The number of amides is 2. The minimum absolute atomic E-state index is 0.101. The van der Waals surface area contributed by atoms with E-state index in [1.165, 1.54) is 4.88 Å². The third-order valence-electron chi connectivity index (χ3n) is 5.14. The lowest BCUT2D eigenvalue weighted by atomic mass is 10.2. The van der Waals surface area contributed by atoms with Gasteiger partial charge in [0.05, 0.1) is 42.0 Å². The maximum Gasteiger partial charge on any atom is 0.322 e. The summed E-state index contributed by atoms with van der Waals surface area (Å²) in [4.78, 5) is 20.9. The van der Waals surface area contributed by atoms with Crippen LogP contribution in [0.1, 0.15) is 46.8 Å². The fourth-order valence-electron chi connectivity index (χ4n) is 3.70. The Labute approximate surface area is 162 Å². The van der Waals surface area contributed by atoms with Gasteiger partial charge in [-0.3, -0.25) is 0 Å². The van der Waals surface area contributed by atoms with Crippen LogP contribution in [0.15, 0.2) is 24.3 Å². The van der Waals surface area contributed by atoms with Gasteiger partial charge in [0, 0.05) is 18.2 Å². The second kappa shape index (κ2) is 8.07. The van der Waals surface area contributed by atoms with Crippen molar-refractivity contribution in [2.75, 3.05) is 11.9 Å². The second-order valence-corrected chi connectivity index (χ2v) is 8.13. The van der Waals surface area contributed by atoms with Gasteiger partial charge < -0.3 is 15.0 Å². The Hall–Kier alpha value is -2.43. The molecule has 2 amide bonds. The average molecular weight is 382 g/mol. The van der Waals surface area contributed by atoms with E-state index in [1.54, 1.807) is 35.6 Å². The molecule has 27 heavy (non-hydrogen) atoms. The molecule has 0 saturated heterocycles. The Morgan fingerprint density at radius 1 is 1.33 bits per heavy atom. The quantitative estimate of drug-likeness (QED) is 0.865. The molecular formula is C20H22N4O2S. The molecule has 6 nitrogen and oxygen atoms in total. The molecule has 0 unspecified atom stereocenters. The van der Waals surface area contributed by atoms with E-state index in [-0.39, 0.29) is 12.1 Å². The summed E-state index contributed by atoms with van der Waals surface area (Å²) < 4.78 is 5.51. The van der Waals surface area contributed by atoms with Crippen LogP contribution in [-0.2, 0) is 24.3 Å². The lowest BCUT2D eigenvalue weighted by Crippen LogP contribution is -2.41. The van der Waals surface area contributed by atoms with Gasteiger partial charge in [0.2, 0.25) is 0 Å². The number of fused-ring (bicyclic) bond motifs is 1. The van der Waals surface area contributed by atoms with E-state index >= 15 is 0 Å². The van der Waals surface area contributed by atoms with Crippen LogP contribution in [0.4, 0.5) is 10.5 Å². The SMILES string of the molecule is N#Cc1ccc(NC(=O)N(Cc2nc3c(s2)COCC3)C2CCCC2)cc1. The molecular weight excluding hydrogens is 360 g/mol. The predicted octanol–water partition coefficient (Wildman–Crippen LogP) is 4.06. The molecule has 2 aliphatic rings. The summed E-state index contributed by atoms with van der Waals surface area (Å²) in [5.41, 5.74) is 2.41. The molecule has 1 fully saturated rings. The lowest BCUT2D eigenvalue weighted by Gasteiger charge is -2.28. The summed E-state index contributed by atoms with van der Waals surface area (Å²) in [6.07, 6.45) is 5.25. The normalized spacial score (nSPS) is 16.6. The van der Waals surface area contributed by atoms with Gasteiger partial charge in [0.1, 0.15) is 5.01 Å². The van der Waals surface area contributed by atoms with Gasteiger partial charge in [-0.15, -0.1) is 11.3 Å². The number of urea groups is 1. The highest BCUT2D eigenvalue weighted by Gasteiger charge is 2.28. The molecule has 2 aromatic rings. The van der Waals surface area contributed by atoms with Crippen LogP contribution < -0.4 is 5.32 Å². The predicted molar refractivity (Wildman–Crippen MR) is 103 cm³/mol. The smallest absolute Gasteiger partial charge is 0.322 e. The molecule has 0 atom stereocenters. The molecule has 1 N–H and O–H groups in total. The van der Waals surface area contributed by atoms with Gasteiger partial charge in [0.25, 0.3) is 0 Å². The Balaban J connectivity index is 1.50. The second-order valence-electron chi connectivity index (χ2n) is 6.97. The van der Waals surface area contributed by atoms with Gasteiger partial charge in [-0.05, 0) is 37.1 Å². The maximum absolute atomic E-state index is 13.0. The number of rotatable bonds is 4. The number of nitriles is 1. The Morgan fingerprint density at radius 3 is 2.81 bits per heavy atom. The van der Waals surface area contributed by atoms with Gasteiger partial charge in [0.15, 0.2) is 0 Å². The highest BCUT2D eigenvalue weighted by Crippen LogP contribution is 2.29. The van der Waals surface area contributed by atoms with E-state index in [0.717, 1.165) is 49.4 Å². The lowest BCUT2D eigenvalue weighted by molar-refractivity contribution is 0.112. The van der Waals surface area contributed by atoms with E-state index in [2.05, 4.69) is 11.4 Å². The average Bonchev–Trinajstić information content (AvgIpc) is 3.36. The number of nitrogens with zero attached hydrogens (tertiary/aromatic N) is 3. The number of aromatic nitrogens is 1. The van der Waals surface area contributed by atoms with Crippen LogP contribution in [0.5, 0.6) is 0 Å².